The van der Waals surface area contributed by atoms with Gasteiger partial charge in [0.25, 0.3) is 0 Å². The van der Waals surface area contributed by atoms with Crippen molar-refractivity contribution >= 4 is 10.0 Å². The lowest BCUT2D eigenvalue weighted by atomic mass is 10.2. The second-order valence-electron chi connectivity index (χ2n) is 4.78. The van der Waals surface area contributed by atoms with Crippen LogP contribution in [0.5, 0.6) is 0 Å². The zero-order valence-electron chi connectivity index (χ0n) is 11.4. The Morgan fingerprint density at radius 1 is 1.17 bits per heavy atom. The smallest absolute Gasteiger partial charge is 0.240 e. The SMILES string of the molecule is Cc1ccc(S(=O)(=O)NCCNC(C)C)c(C)c1. The molecule has 5 heteroatoms. The van der Waals surface area contributed by atoms with Crippen molar-refractivity contribution in [1.82, 2.24) is 10.0 Å². The van der Waals surface area contributed by atoms with Crippen LogP contribution in [0.3, 0.4) is 0 Å². The van der Waals surface area contributed by atoms with Crippen molar-refractivity contribution < 1.29 is 8.42 Å². The lowest BCUT2D eigenvalue weighted by Crippen LogP contribution is -2.34. The summed E-state index contributed by atoms with van der Waals surface area (Å²) >= 11 is 0. The summed E-state index contributed by atoms with van der Waals surface area (Å²) in [5, 5.41) is 3.17. The molecule has 1 aromatic rings. The molecule has 2 N–H and O–H groups in total. The summed E-state index contributed by atoms with van der Waals surface area (Å²) in [5.74, 6) is 0. The largest absolute Gasteiger partial charge is 0.313 e. The highest BCUT2D eigenvalue weighted by Crippen LogP contribution is 2.15. The highest BCUT2D eigenvalue weighted by Gasteiger charge is 2.15. The Hall–Kier alpha value is -0.910. The van der Waals surface area contributed by atoms with Crippen LogP contribution in [0, 0.1) is 13.8 Å². The van der Waals surface area contributed by atoms with Gasteiger partial charge in [0.05, 0.1) is 4.90 Å². The maximum atomic E-state index is 12.1. The number of rotatable bonds is 6. The predicted octanol–water partition coefficient (Wildman–Crippen LogP) is 1.58. The molecule has 102 valence electrons. The van der Waals surface area contributed by atoms with Gasteiger partial charge in [-0.05, 0) is 25.5 Å². The third kappa shape index (κ3) is 4.40. The average molecular weight is 270 g/mol. The van der Waals surface area contributed by atoms with Crippen LogP contribution in [0.4, 0.5) is 0 Å². The molecular weight excluding hydrogens is 248 g/mol. The van der Waals surface area contributed by atoms with E-state index in [9.17, 15) is 8.42 Å². The molecule has 0 aliphatic heterocycles. The first-order valence-corrected chi connectivity index (χ1v) is 7.61. The molecule has 0 fully saturated rings. The van der Waals surface area contributed by atoms with Gasteiger partial charge in [-0.15, -0.1) is 0 Å². The summed E-state index contributed by atoms with van der Waals surface area (Å²) in [6.07, 6.45) is 0. The minimum Gasteiger partial charge on any atom is -0.313 e. The van der Waals surface area contributed by atoms with Gasteiger partial charge in [-0.3, -0.25) is 0 Å². The molecule has 0 amide bonds. The van der Waals surface area contributed by atoms with Crippen molar-refractivity contribution in [3.05, 3.63) is 29.3 Å². The van der Waals surface area contributed by atoms with Crippen LogP contribution >= 0.6 is 0 Å². The average Bonchev–Trinajstić information content (AvgIpc) is 2.23. The van der Waals surface area contributed by atoms with E-state index in [1.54, 1.807) is 6.07 Å². The molecule has 0 atom stereocenters. The Kier molecular flexibility index (Phi) is 5.31. The van der Waals surface area contributed by atoms with Crippen LogP contribution in [-0.2, 0) is 10.0 Å². The Bertz CT molecular complexity index is 496. The number of sulfonamides is 1. The van der Waals surface area contributed by atoms with Crippen LogP contribution in [0.15, 0.2) is 23.1 Å². The van der Waals surface area contributed by atoms with Crippen molar-refractivity contribution in [3.8, 4) is 0 Å². The van der Waals surface area contributed by atoms with Gasteiger partial charge >= 0.3 is 0 Å². The number of nitrogens with one attached hydrogen (secondary N) is 2. The number of aryl methyl sites for hydroxylation is 2. The van der Waals surface area contributed by atoms with Gasteiger partial charge in [-0.25, -0.2) is 13.1 Å². The van der Waals surface area contributed by atoms with E-state index in [0.717, 1.165) is 11.1 Å². The van der Waals surface area contributed by atoms with Gasteiger partial charge < -0.3 is 5.32 Å². The van der Waals surface area contributed by atoms with Gasteiger partial charge in [-0.2, -0.15) is 0 Å². The first kappa shape index (κ1) is 15.1. The van der Waals surface area contributed by atoms with Crippen molar-refractivity contribution in [3.63, 3.8) is 0 Å². The van der Waals surface area contributed by atoms with E-state index in [1.165, 1.54) is 0 Å². The topological polar surface area (TPSA) is 58.2 Å². The Morgan fingerprint density at radius 3 is 2.39 bits per heavy atom. The molecule has 0 aliphatic carbocycles. The molecule has 0 saturated heterocycles. The molecule has 0 radical (unpaired) electrons. The molecule has 0 bridgehead atoms. The Morgan fingerprint density at radius 2 is 1.83 bits per heavy atom. The summed E-state index contributed by atoms with van der Waals surface area (Å²) in [4.78, 5) is 0.359. The Labute approximate surface area is 110 Å². The van der Waals surface area contributed by atoms with Gasteiger partial charge in [0, 0.05) is 19.1 Å². The maximum Gasteiger partial charge on any atom is 0.240 e. The van der Waals surface area contributed by atoms with Crippen LogP contribution in [0.25, 0.3) is 0 Å². The van der Waals surface area contributed by atoms with Crippen LogP contribution in [-0.4, -0.2) is 27.5 Å². The van der Waals surface area contributed by atoms with Gasteiger partial charge in [0.15, 0.2) is 0 Å². The fourth-order valence-electron chi connectivity index (χ4n) is 1.72. The van der Waals surface area contributed by atoms with Crippen molar-refractivity contribution in [1.29, 1.82) is 0 Å². The summed E-state index contributed by atoms with van der Waals surface area (Å²) in [6, 6.07) is 5.70. The van der Waals surface area contributed by atoms with E-state index in [2.05, 4.69) is 10.0 Å². The minimum absolute atomic E-state index is 0.357. The van der Waals surface area contributed by atoms with Crippen molar-refractivity contribution in [2.75, 3.05) is 13.1 Å². The molecular formula is C13H22N2O2S. The minimum atomic E-state index is -3.40. The quantitative estimate of drug-likeness (QED) is 0.772. The fraction of sp³-hybridized carbons (Fsp3) is 0.538. The summed E-state index contributed by atoms with van der Waals surface area (Å²) in [5.41, 5.74) is 1.84. The zero-order valence-corrected chi connectivity index (χ0v) is 12.3. The van der Waals surface area contributed by atoms with E-state index < -0.39 is 10.0 Å². The molecule has 0 spiro atoms. The van der Waals surface area contributed by atoms with E-state index >= 15 is 0 Å². The molecule has 0 heterocycles. The molecule has 18 heavy (non-hydrogen) atoms. The van der Waals surface area contributed by atoms with Crippen molar-refractivity contribution in [2.45, 2.75) is 38.6 Å². The third-order valence-corrected chi connectivity index (χ3v) is 4.21. The summed E-state index contributed by atoms with van der Waals surface area (Å²) in [7, 11) is -3.40. The summed E-state index contributed by atoms with van der Waals surface area (Å²) in [6.45, 7) is 8.84. The molecule has 0 saturated carbocycles. The zero-order chi connectivity index (χ0) is 13.8. The highest BCUT2D eigenvalue weighted by molar-refractivity contribution is 7.89. The van der Waals surface area contributed by atoms with Crippen LogP contribution < -0.4 is 10.0 Å². The fourth-order valence-corrected chi connectivity index (χ4v) is 2.98. The lowest BCUT2D eigenvalue weighted by molar-refractivity contribution is 0.559. The molecule has 0 unspecified atom stereocenters. The van der Waals surface area contributed by atoms with Gasteiger partial charge in [-0.1, -0.05) is 31.5 Å². The van der Waals surface area contributed by atoms with E-state index in [0.29, 0.717) is 24.0 Å². The molecule has 1 rings (SSSR count). The maximum absolute atomic E-state index is 12.1. The van der Waals surface area contributed by atoms with Crippen LogP contribution in [0.1, 0.15) is 25.0 Å². The molecule has 0 aromatic heterocycles. The van der Waals surface area contributed by atoms with Gasteiger partial charge in [0.1, 0.15) is 0 Å². The molecule has 0 aliphatic rings. The monoisotopic (exact) mass is 270 g/mol. The standard InChI is InChI=1S/C13H22N2O2S/c1-10(2)14-7-8-15-18(16,17)13-6-5-11(3)9-12(13)4/h5-6,9-10,14-15H,7-8H2,1-4H3. The Balaban J connectivity index is 2.69. The van der Waals surface area contributed by atoms with Crippen LogP contribution in [0.2, 0.25) is 0 Å². The van der Waals surface area contributed by atoms with Gasteiger partial charge in [0.2, 0.25) is 10.0 Å². The third-order valence-electron chi connectivity index (χ3n) is 2.59. The normalized spacial score (nSPS) is 12.1. The molecule has 4 nitrogen and oxygen atoms in total. The van der Waals surface area contributed by atoms with E-state index in [1.807, 2.05) is 39.8 Å². The van der Waals surface area contributed by atoms with E-state index in [4.69, 9.17) is 0 Å². The number of benzene rings is 1. The first-order valence-electron chi connectivity index (χ1n) is 6.13. The second kappa shape index (κ2) is 6.31. The predicted molar refractivity (Wildman–Crippen MR) is 74.2 cm³/mol. The lowest BCUT2D eigenvalue weighted by Gasteiger charge is -2.11. The molecule has 1 aromatic carbocycles. The number of hydrogen-bond donors (Lipinski definition) is 2. The number of hydrogen-bond acceptors (Lipinski definition) is 3. The first-order chi connectivity index (χ1) is 8.33. The van der Waals surface area contributed by atoms with E-state index in [-0.39, 0.29) is 0 Å². The highest BCUT2D eigenvalue weighted by atomic mass is 32.2. The summed E-state index contributed by atoms with van der Waals surface area (Å²) < 4.78 is 26.7. The second-order valence-corrected chi connectivity index (χ2v) is 6.51. The van der Waals surface area contributed by atoms with Crippen molar-refractivity contribution in [2.24, 2.45) is 0 Å².